The fourth-order valence-electron chi connectivity index (χ4n) is 6.15. The zero-order valence-corrected chi connectivity index (χ0v) is 32.4. The summed E-state index contributed by atoms with van der Waals surface area (Å²) in [5.41, 5.74) is 5.94. The third kappa shape index (κ3) is 8.71. The fourth-order valence-corrected chi connectivity index (χ4v) is 9.09. The van der Waals surface area contributed by atoms with E-state index in [1.807, 2.05) is 74.6 Å². The number of hydrogen-bond donors (Lipinski definition) is 0. The Hall–Kier alpha value is -3.05. The molecule has 1 aliphatic rings. The minimum absolute atomic E-state index is 0. The first kappa shape index (κ1) is 28.9. The summed E-state index contributed by atoms with van der Waals surface area (Å²) in [7, 11) is 0. The first-order chi connectivity index (χ1) is 24.2. The molecule has 47 heavy (non-hydrogen) atoms. The molecule has 3 heterocycles. The van der Waals surface area contributed by atoms with Crippen LogP contribution in [-0.4, -0.2) is 23.2 Å². The molecule has 0 N–H and O–H groups in total. The van der Waals surface area contributed by atoms with Crippen molar-refractivity contribution in [3.63, 3.8) is 0 Å². The third-order valence-electron chi connectivity index (χ3n) is 8.41. The summed E-state index contributed by atoms with van der Waals surface area (Å²) in [6, 6.07) is 29.3. The maximum atomic E-state index is 8.78. The quantitative estimate of drug-likeness (QED) is 0.119. The van der Waals surface area contributed by atoms with Crippen LogP contribution in [0.5, 0.6) is 0 Å². The van der Waals surface area contributed by atoms with Crippen LogP contribution in [0, 0.1) is 24.0 Å². The van der Waals surface area contributed by atoms with Gasteiger partial charge in [-0.05, 0) is 30.1 Å². The Morgan fingerprint density at radius 1 is 0.915 bits per heavy atom. The van der Waals surface area contributed by atoms with Crippen molar-refractivity contribution in [1.29, 1.82) is 0 Å². The van der Waals surface area contributed by atoms with Crippen molar-refractivity contribution >= 4 is 39.6 Å². The molecule has 1 aliphatic carbocycles. The second-order valence-corrected chi connectivity index (χ2v) is 24.0. The molecular weight excluding hydrogens is 813 g/mol. The van der Waals surface area contributed by atoms with E-state index >= 15 is 0 Å². The molecule has 7 rings (SSSR count). The van der Waals surface area contributed by atoms with Crippen LogP contribution in [0.2, 0.25) is 17.3 Å². The summed E-state index contributed by atoms with van der Waals surface area (Å²) in [5.74, 6) is 6.82. The maximum absolute atomic E-state index is 8.78. The average Bonchev–Trinajstić information content (AvgIpc) is 3.50. The summed E-state index contributed by atoms with van der Waals surface area (Å²) in [6.07, 6.45) is 6.15. The van der Waals surface area contributed by atoms with E-state index in [-0.39, 0.29) is 31.9 Å². The van der Waals surface area contributed by atoms with E-state index in [0.717, 1.165) is 63.2 Å². The number of hydrogen-bond acceptors (Lipinski definition) is 3. The van der Waals surface area contributed by atoms with E-state index in [9.17, 15) is 0 Å². The molecule has 6 aromatic rings. The van der Waals surface area contributed by atoms with Crippen molar-refractivity contribution < 1.29 is 31.4 Å². The molecule has 3 aromatic heterocycles. The van der Waals surface area contributed by atoms with Crippen LogP contribution in [0.3, 0.4) is 0 Å². The van der Waals surface area contributed by atoms with Crippen LogP contribution in [0.1, 0.15) is 63.9 Å². The monoisotopic (exact) mass is 866 g/mol. The number of rotatable bonds is 7. The van der Waals surface area contributed by atoms with Crippen LogP contribution in [0.25, 0.3) is 44.5 Å². The average molecular weight is 865 g/mol. The van der Waals surface area contributed by atoms with Gasteiger partial charge in [-0.15, -0.1) is 18.2 Å². The molecule has 1 saturated carbocycles. The van der Waals surface area contributed by atoms with Gasteiger partial charge in [0.2, 0.25) is 0 Å². The molecule has 0 spiro atoms. The molecule has 3 nitrogen and oxygen atoms in total. The molecule has 3 aromatic carbocycles. The molecule has 0 unspecified atom stereocenters. The third-order valence-corrected chi connectivity index (χ3v) is 12.6. The normalized spacial score (nSPS) is 15.9. The number of nitrogens with zero attached hydrogens (tertiary/aromatic N) is 2. The van der Waals surface area contributed by atoms with Gasteiger partial charge >= 0.3 is 128 Å². The topological polar surface area (TPSA) is 38.9 Å². The Bertz CT molecular complexity index is 2140. The second-order valence-electron chi connectivity index (χ2n) is 13.5. The van der Waals surface area contributed by atoms with Gasteiger partial charge in [-0.2, -0.15) is 0 Å². The van der Waals surface area contributed by atoms with Gasteiger partial charge < -0.3 is 9.40 Å². The summed E-state index contributed by atoms with van der Waals surface area (Å²) in [4.78, 5) is 9.11. The minimum atomic E-state index is -2.20. The molecular formula is C42H46GeIrN2O-2. The SMILES string of the molecule is [2H]C([2H])(c1cc(-c2[c-]cccc2)nc[c]1[Ge]([CH3])([CH3])[CH3])C(C)C.[2H]c1ccc2c(c1)oc1c(-c3cc(C([2H])([2H])C4CCCCC4)ccn3)[c-]ccc12.[Ir]. The van der Waals surface area contributed by atoms with Crippen LogP contribution >= 0.6 is 0 Å². The van der Waals surface area contributed by atoms with Crippen molar-refractivity contribution in [2.24, 2.45) is 11.8 Å². The van der Waals surface area contributed by atoms with Crippen LogP contribution in [-0.2, 0) is 32.9 Å². The minimum Gasteiger partial charge on any atom is -0.501 e. The number of furan rings is 1. The van der Waals surface area contributed by atoms with Crippen molar-refractivity contribution in [3.05, 3.63) is 114 Å². The molecule has 0 atom stereocenters. The molecule has 1 fully saturated rings. The van der Waals surface area contributed by atoms with Crippen molar-refractivity contribution in [1.82, 2.24) is 9.97 Å². The van der Waals surface area contributed by atoms with E-state index in [1.165, 1.54) is 6.42 Å². The Balaban J connectivity index is 0.000000205. The van der Waals surface area contributed by atoms with Gasteiger partial charge in [-0.25, -0.2) is 0 Å². The van der Waals surface area contributed by atoms with Gasteiger partial charge in [-0.3, -0.25) is 0 Å². The second kappa shape index (κ2) is 15.9. The smallest absolute Gasteiger partial charge is 0.120 e. The zero-order valence-electron chi connectivity index (χ0n) is 32.9. The van der Waals surface area contributed by atoms with Gasteiger partial charge in [-0.1, -0.05) is 72.9 Å². The maximum Gasteiger partial charge on any atom is 0.120 e. The summed E-state index contributed by atoms with van der Waals surface area (Å²) in [5, 5.41) is 1.91. The van der Waals surface area contributed by atoms with Crippen molar-refractivity contribution in [2.45, 2.75) is 76.0 Å². The van der Waals surface area contributed by atoms with E-state index in [0.29, 0.717) is 28.5 Å². The number of fused-ring (bicyclic) bond motifs is 3. The first-order valence-electron chi connectivity index (χ1n) is 19.0. The molecule has 1 radical (unpaired) electrons. The van der Waals surface area contributed by atoms with E-state index in [4.69, 9.17) is 11.3 Å². The van der Waals surface area contributed by atoms with Crippen molar-refractivity contribution in [2.75, 3.05) is 0 Å². The summed E-state index contributed by atoms with van der Waals surface area (Å²) >= 11 is -2.20. The largest absolute Gasteiger partial charge is 0.501 e. The summed E-state index contributed by atoms with van der Waals surface area (Å²) < 4.78 is 49.7. The molecule has 0 saturated heterocycles. The molecule has 0 amide bonds. The van der Waals surface area contributed by atoms with Gasteiger partial charge in [0.05, 0.1) is 6.95 Å². The van der Waals surface area contributed by atoms with E-state index < -0.39 is 26.0 Å². The van der Waals surface area contributed by atoms with Gasteiger partial charge in [0, 0.05) is 34.4 Å². The molecule has 5 heteroatoms. The number of pyridine rings is 2. The molecule has 0 aliphatic heterocycles. The molecule has 0 bridgehead atoms. The number of benzene rings is 3. The standard InChI is InChI=1S/C24H22NO.C18H24GeN.Ir/c1-2-7-17(8-3-1)15-18-13-14-25-22(16-18)21-11-6-10-20-19-9-4-5-12-23(19)26-24(20)21;1-14(2)11-16-12-18(15-9-7-6-8-10-15)20-13-17(16)19(3,4)5;/h4-6,9-10,12-14,16-17H,1-3,7-8,15H2;6-9,12-14H,11H2,1-5H3;/q2*-1;/i5D,15D2;11D2;. The molecule has 245 valence electrons. The number of aromatic nitrogens is 2. The van der Waals surface area contributed by atoms with Crippen LogP contribution in [0.15, 0.2) is 95.6 Å². The predicted octanol–water partition coefficient (Wildman–Crippen LogP) is 10.9. The van der Waals surface area contributed by atoms with Gasteiger partial charge in [0.15, 0.2) is 0 Å². The van der Waals surface area contributed by atoms with Crippen LogP contribution in [0.4, 0.5) is 0 Å². The van der Waals surface area contributed by atoms with E-state index in [1.54, 1.807) is 24.4 Å². The summed E-state index contributed by atoms with van der Waals surface area (Å²) in [6.45, 7) is 3.88. The zero-order chi connectivity index (χ0) is 36.6. The first-order valence-corrected chi connectivity index (χ1v) is 23.8. The number of para-hydroxylation sites is 1. The Morgan fingerprint density at radius 2 is 1.74 bits per heavy atom. The van der Waals surface area contributed by atoms with Gasteiger partial charge in [0.25, 0.3) is 0 Å². The van der Waals surface area contributed by atoms with Crippen LogP contribution < -0.4 is 4.40 Å². The van der Waals surface area contributed by atoms with Crippen molar-refractivity contribution in [3.8, 4) is 22.5 Å². The Labute approximate surface area is 304 Å². The predicted molar refractivity (Wildman–Crippen MR) is 196 cm³/mol. The van der Waals surface area contributed by atoms with Gasteiger partial charge in [0.1, 0.15) is 5.58 Å². The Morgan fingerprint density at radius 3 is 2.49 bits per heavy atom. The Kier molecular flexibility index (Phi) is 9.78. The van der Waals surface area contributed by atoms with E-state index in [2.05, 4.69) is 39.4 Å². The fraction of sp³-hybridized carbons (Fsp3) is 0.333.